The van der Waals surface area contributed by atoms with E-state index in [4.69, 9.17) is 10.8 Å². The maximum absolute atomic E-state index is 10.2. The molecule has 0 saturated carbocycles. The predicted octanol–water partition coefficient (Wildman–Crippen LogP) is -1.48. The van der Waals surface area contributed by atoms with E-state index in [9.17, 15) is 4.79 Å². The smallest absolute Gasteiger partial charge is 0.246 e. The molecule has 0 heterocycles. The summed E-state index contributed by atoms with van der Waals surface area (Å²) in [5.41, 5.74) is 4.74. The van der Waals surface area contributed by atoms with E-state index >= 15 is 0 Å². The molecule has 0 saturated heterocycles. The fourth-order valence-electron chi connectivity index (χ4n) is 0.205. The van der Waals surface area contributed by atoms with E-state index in [1.165, 1.54) is 0 Å². The number of hydrogen-bond acceptors (Lipinski definition) is 3. The van der Waals surface area contributed by atoms with Crippen molar-refractivity contribution in [1.29, 1.82) is 0 Å². The minimum atomic E-state index is -1.29. The molecule has 0 aromatic rings. The lowest BCUT2D eigenvalue weighted by Gasteiger charge is -2.01. The number of hydrogen-bond donors (Lipinski definition) is 3. The molecule has 0 aromatic heterocycles. The van der Waals surface area contributed by atoms with E-state index in [2.05, 4.69) is 6.58 Å². The van der Waals surface area contributed by atoms with Crippen LogP contribution in [0.2, 0.25) is 0 Å². The van der Waals surface area contributed by atoms with Gasteiger partial charge in [-0.2, -0.15) is 0 Å². The summed E-state index contributed by atoms with van der Waals surface area (Å²) in [5.74, 6) is -0.486. The van der Waals surface area contributed by atoms with E-state index in [-0.39, 0.29) is 0 Å². The molecule has 4 nitrogen and oxygen atoms in total. The molecule has 0 bridgehead atoms. The number of nitrogens with one attached hydrogen (secondary N) is 1. The van der Waals surface area contributed by atoms with Crippen molar-refractivity contribution in [2.45, 2.75) is 6.35 Å². The van der Waals surface area contributed by atoms with Crippen LogP contribution in [0, 0.1) is 0 Å². The summed E-state index contributed by atoms with van der Waals surface area (Å²) in [6, 6.07) is 0. The Balaban J connectivity index is 3.39. The Morgan fingerprint density at radius 1 is 2.00 bits per heavy atom. The van der Waals surface area contributed by atoms with Gasteiger partial charge in [0, 0.05) is 0 Å². The van der Waals surface area contributed by atoms with E-state index in [0.717, 1.165) is 6.08 Å². The molecule has 0 aliphatic rings. The van der Waals surface area contributed by atoms with Crippen LogP contribution in [-0.2, 0) is 4.79 Å². The van der Waals surface area contributed by atoms with Crippen molar-refractivity contribution in [1.82, 2.24) is 5.32 Å². The first-order valence-electron chi connectivity index (χ1n) is 2.03. The zero-order valence-electron chi connectivity index (χ0n) is 4.29. The lowest BCUT2D eigenvalue weighted by molar-refractivity contribution is -0.119. The zero-order valence-corrected chi connectivity index (χ0v) is 4.29. The van der Waals surface area contributed by atoms with Gasteiger partial charge in [0.1, 0.15) is 0 Å². The molecule has 0 spiro atoms. The molecule has 0 fully saturated rings. The minimum Gasteiger partial charge on any atom is -0.361 e. The van der Waals surface area contributed by atoms with Crippen molar-refractivity contribution in [3.05, 3.63) is 12.7 Å². The van der Waals surface area contributed by atoms with Gasteiger partial charge in [-0.25, -0.2) is 0 Å². The second-order valence-electron chi connectivity index (χ2n) is 1.16. The third-order valence-electron chi connectivity index (χ3n) is 0.476. The van der Waals surface area contributed by atoms with Crippen LogP contribution in [0.3, 0.4) is 0 Å². The van der Waals surface area contributed by atoms with Crippen molar-refractivity contribution >= 4 is 5.91 Å². The second-order valence-corrected chi connectivity index (χ2v) is 1.16. The normalized spacial score (nSPS) is 12.2. The highest BCUT2D eigenvalue weighted by Gasteiger charge is 1.95. The summed E-state index contributed by atoms with van der Waals surface area (Å²) in [5, 5.41) is 10.2. The van der Waals surface area contributed by atoms with Gasteiger partial charge in [0.15, 0.2) is 6.35 Å². The van der Waals surface area contributed by atoms with Crippen molar-refractivity contribution < 1.29 is 9.90 Å². The highest BCUT2D eigenvalue weighted by Crippen LogP contribution is 1.64. The average molecular weight is 116 g/mol. The molecule has 1 unspecified atom stereocenters. The lowest BCUT2D eigenvalue weighted by Crippen LogP contribution is -2.40. The topological polar surface area (TPSA) is 75.4 Å². The summed E-state index contributed by atoms with van der Waals surface area (Å²) in [6.07, 6.45) is -0.267. The number of rotatable bonds is 2. The Labute approximate surface area is 47.0 Å². The van der Waals surface area contributed by atoms with Crippen molar-refractivity contribution in [2.24, 2.45) is 5.73 Å². The van der Waals surface area contributed by atoms with Gasteiger partial charge in [0.25, 0.3) is 0 Å². The molecule has 0 aliphatic carbocycles. The van der Waals surface area contributed by atoms with Gasteiger partial charge in [-0.3, -0.25) is 10.5 Å². The number of carbonyl (C=O) groups is 1. The van der Waals surface area contributed by atoms with Crippen LogP contribution in [-0.4, -0.2) is 17.4 Å². The van der Waals surface area contributed by atoms with Gasteiger partial charge in [-0.05, 0) is 6.08 Å². The monoisotopic (exact) mass is 116 g/mol. The lowest BCUT2D eigenvalue weighted by atomic mass is 10.6. The maximum atomic E-state index is 10.2. The number of nitrogens with two attached hydrogens (primary N) is 1. The van der Waals surface area contributed by atoms with Crippen LogP contribution in [0.15, 0.2) is 12.7 Å². The predicted molar refractivity (Wildman–Crippen MR) is 28.5 cm³/mol. The summed E-state index contributed by atoms with van der Waals surface area (Å²) >= 11 is 0. The molecule has 1 atom stereocenters. The van der Waals surface area contributed by atoms with Crippen LogP contribution in [0.5, 0.6) is 0 Å². The first-order valence-corrected chi connectivity index (χ1v) is 2.03. The molecule has 0 aliphatic heterocycles. The Morgan fingerprint density at radius 2 is 2.50 bits per heavy atom. The standard InChI is InChI=1S/C4H8N2O2/c1-2-3(7)6-4(5)8/h2,4,8H,1,5H2,(H,6,7). The summed E-state index contributed by atoms with van der Waals surface area (Å²) in [7, 11) is 0. The van der Waals surface area contributed by atoms with E-state index in [0.29, 0.717) is 0 Å². The van der Waals surface area contributed by atoms with E-state index < -0.39 is 12.3 Å². The molecule has 0 rings (SSSR count). The number of carbonyl (C=O) groups excluding carboxylic acids is 1. The van der Waals surface area contributed by atoms with Gasteiger partial charge in [-0.1, -0.05) is 6.58 Å². The maximum Gasteiger partial charge on any atom is 0.246 e. The molecule has 4 heteroatoms. The minimum absolute atomic E-state index is 0.486. The quantitative estimate of drug-likeness (QED) is 0.304. The first kappa shape index (κ1) is 7.13. The van der Waals surface area contributed by atoms with Gasteiger partial charge in [-0.15, -0.1) is 0 Å². The molecule has 46 valence electrons. The first-order chi connectivity index (χ1) is 3.66. The van der Waals surface area contributed by atoms with Gasteiger partial charge >= 0.3 is 0 Å². The molecule has 1 amide bonds. The van der Waals surface area contributed by atoms with Crippen LogP contribution in [0.25, 0.3) is 0 Å². The highest BCUT2D eigenvalue weighted by atomic mass is 16.3. The van der Waals surface area contributed by atoms with Crippen LogP contribution >= 0.6 is 0 Å². The third kappa shape index (κ3) is 3.32. The molecule has 0 radical (unpaired) electrons. The SMILES string of the molecule is C=CC(=O)NC(N)O. The second kappa shape index (κ2) is 3.17. The number of amides is 1. The Hall–Kier alpha value is -0.870. The van der Waals surface area contributed by atoms with Crippen molar-refractivity contribution in [3.63, 3.8) is 0 Å². The van der Waals surface area contributed by atoms with E-state index in [1.54, 1.807) is 0 Å². The van der Waals surface area contributed by atoms with E-state index in [1.807, 2.05) is 5.32 Å². The average Bonchev–Trinajstić information content (AvgIpc) is 1.65. The molecule has 8 heavy (non-hydrogen) atoms. The summed E-state index contributed by atoms with van der Waals surface area (Å²) in [6.45, 7) is 3.13. The van der Waals surface area contributed by atoms with Crippen LogP contribution in [0.4, 0.5) is 0 Å². The van der Waals surface area contributed by atoms with Crippen molar-refractivity contribution in [3.8, 4) is 0 Å². The molecule has 4 N–H and O–H groups in total. The van der Waals surface area contributed by atoms with Gasteiger partial charge in [0.05, 0.1) is 0 Å². The summed E-state index contributed by atoms with van der Waals surface area (Å²) in [4.78, 5) is 10.2. The fourth-order valence-corrected chi connectivity index (χ4v) is 0.205. The number of aliphatic hydroxyl groups is 1. The molecular formula is C4H8N2O2. The molecule has 0 aromatic carbocycles. The zero-order chi connectivity index (χ0) is 6.57. The van der Waals surface area contributed by atoms with Gasteiger partial charge in [0.2, 0.25) is 5.91 Å². The van der Waals surface area contributed by atoms with Crippen LogP contribution < -0.4 is 11.1 Å². The van der Waals surface area contributed by atoms with Gasteiger partial charge < -0.3 is 10.4 Å². The fraction of sp³-hybridized carbons (Fsp3) is 0.250. The summed E-state index contributed by atoms with van der Waals surface area (Å²) < 4.78 is 0. The molecular weight excluding hydrogens is 108 g/mol. The largest absolute Gasteiger partial charge is 0.361 e. The Bertz CT molecular complexity index is 100. The Kier molecular flexibility index (Phi) is 2.83. The van der Waals surface area contributed by atoms with Crippen LogP contribution in [0.1, 0.15) is 0 Å². The van der Waals surface area contributed by atoms with Crippen molar-refractivity contribution in [2.75, 3.05) is 0 Å². The Morgan fingerprint density at radius 3 is 2.62 bits per heavy atom. The number of aliphatic hydroxyl groups excluding tert-OH is 1. The highest BCUT2D eigenvalue weighted by molar-refractivity contribution is 5.86. The third-order valence-corrected chi connectivity index (χ3v) is 0.476.